The fourth-order valence-corrected chi connectivity index (χ4v) is 2.38. The smallest absolute Gasteiger partial charge is 0.239 e. The first kappa shape index (κ1) is 14.8. The number of para-hydroxylation sites is 1. The van der Waals surface area contributed by atoms with E-state index in [9.17, 15) is 9.59 Å². The Labute approximate surface area is 126 Å². The molecule has 1 aliphatic rings. The zero-order valence-corrected chi connectivity index (χ0v) is 12.7. The van der Waals surface area contributed by atoms with Crippen LogP contribution in [-0.4, -0.2) is 43.0 Å². The number of hydrogen-bond acceptors (Lipinski definition) is 3. The average Bonchev–Trinajstić information content (AvgIpc) is 2.45. The van der Waals surface area contributed by atoms with Gasteiger partial charge in [-0.05, 0) is 34.5 Å². The Kier molecular flexibility index (Phi) is 5.40. The third-order valence-electron chi connectivity index (χ3n) is 3.02. The van der Waals surface area contributed by atoms with Crippen molar-refractivity contribution in [2.45, 2.75) is 12.8 Å². The molecule has 1 fully saturated rings. The summed E-state index contributed by atoms with van der Waals surface area (Å²) in [6, 6.07) is 7.60. The van der Waals surface area contributed by atoms with E-state index in [1.54, 1.807) is 4.90 Å². The highest BCUT2D eigenvalue weighted by Crippen LogP contribution is 2.23. The molecule has 1 aromatic rings. The van der Waals surface area contributed by atoms with E-state index >= 15 is 0 Å². The minimum atomic E-state index is -0.0888. The first-order chi connectivity index (χ1) is 9.66. The molecule has 1 N–H and O–H groups in total. The summed E-state index contributed by atoms with van der Waals surface area (Å²) in [7, 11) is 0. The number of benzene rings is 1. The number of nitrogens with zero attached hydrogens (tertiary/aromatic N) is 1. The van der Waals surface area contributed by atoms with Crippen LogP contribution < -0.4 is 10.1 Å². The summed E-state index contributed by atoms with van der Waals surface area (Å²) < 4.78 is 6.50. The molecule has 0 aromatic heterocycles. The Bertz CT molecular complexity index is 493. The highest BCUT2D eigenvalue weighted by Gasteiger charge is 2.20. The van der Waals surface area contributed by atoms with Crippen LogP contribution in [-0.2, 0) is 9.59 Å². The first-order valence-corrected chi connectivity index (χ1v) is 7.38. The maximum absolute atomic E-state index is 11.9. The van der Waals surface area contributed by atoms with Gasteiger partial charge in [0.1, 0.15) is 5.75 Å². The van der Waals surface area contributed by atoms with E-state index in [0.717, 1.165) is 10.2 Å². The van der Waals surface area contributed by atoms with Crippen molar-refractivity contribution in [1.29, 1.82) is 0 Å². The number of rotatable bonds is 5. The van der Waals surface area contributed by atoms with Gasteiger partial charge in [-0.3, -0.25) is 9.59 Å². The second-order valence-corrected chi connectivity index (χ2v) is 5.40. The first-order valence-electron chi connectivity index (χ1n) is 6.58. The van der Waals surface area contributed by atoms with Gasteiger partial charge in [0.25, 0.3) is 0 Å². The van der Waals surface area contributed by atoms with Gasteiger partial charge in [-0.25, -0.2) is 0 Å². The number of carbonyl (C=O) groups is 2. The number of halogens is 1. The van der Waals surface area contributed by atoms with Crippen molar-refractivity contribution in [2.24, 2.45) is 0 Å². The van der Waals surface area contributed by atoms with E-state index in [-0.39, 0.29) is 18.4 Å². The molecule has 0 bridgehead atoms. The van der Waals surface area contributed by atoms with Gasteiger partial charge >= 0.3 is 0 Å². The predicted octanol–water partition coefficient (Wildman–Crippen LogP) is 1.57. The number of ether oxygens (including phenoxy) is 1. The summed E-state index contributed by atoms with van der Waals surface area (Å²) in [4.78, 5) is 24.7. The average molecular weight is 341 g/mol. The Hall–Kier alpha value is -1.56. The number of amides is 2. The molecule has 5 nitrogen and oxygen atoms in total. The number of carbonyl (C=O) groups excluding carboxylic acids is 2. The second kappa shape index (κ2) is 7.28. The lowest BCUT2D eigenvalue weighted by atomic mass is 10.2. The van der Waals surface area contributed by atoms with E-state index in [1.165, 1.54) is 0 Å². The summed E-state index contributed by atoms with van der Waals surface area (Å²) in [6.07, 6.45) is 1.04. The van der Waals surface area contributed by atoms with E-state index < -0.39 is 0 Å². The van der Waals surface area contributed by atoms with Crippen molar-refractivity contribution in [3.63, 3.8) is 0 Å². The molecule has 2 amide bonds. The van der Waals surface area contributed by atoms with Crippen LogP contribution in [0.4, 0.5) is 0 Å². The largest absolute Gasteiger partial charge is 0.492 e. The van der Waals surface area contributed by atoms with Gasteiger partial charge in [-0.2, -0.15) is 0 Å². The summed E-state index contributed by atoms with van der Waals surface area (Å²) in [5.41, 5.74) is 0. The Balaban J connectivity index is 1.69. The van der Waals surface area contributed by atoms with Crippen LogP contribution in [0.5, 0.6) is 5.75 Å². The van der Waals surface area contributed by atoms with Crippen molar-refractivity contribution in [2.75, 3.05) is 26.2 Å². The molecule has 1 aliphatic heterocycles. The molecule has 1 saturated heterocycles. The van der Waals surface area contributed by atoms with E-state index in [1.807, 2.05) is 24.3 Å². The lowest BCUT2D eigenvalue weighted by Crippen LogP contribution is -2.49. The van der Waals surface area contributed by atoms with Gasteiger partial charge < -0.3 is 15.0 Å². The fraction of sp³-hybridized carbons (Fsp3) is 0.429. The van der Waals surface area contributed by atoms with Crippen LogP contribution in [0.15, 0.2) is 28.7 Å². The normalized spacial score (nSPS) is 14.8. The quantitative estimate of drug-likeness (QED) is 0.827. The maximum Gasteiger partial charge on any atom is 0.239 e. The topological polar surface area (TPSA) is 58.6 Å². The molecule has 108 valence electrons. The molecule has 1 aromatic carbocycles. The predicted molar refractivity (Wildman–Crippen MR) is 78.5 cm³/mol. The Morgan fingerprint density at radius 2 is 2.20 bits per heavy atom. The van der Waals surface area contributed by atoms with Gasteiger partial charge in [0.15, 0.2) is 0 Å². The van der Waals surface area contributed by atoms with Crippen LogP contribution >= 0.6 is 15.9 Å². The van der Waals surface area contributed by atoms with Crippen molar-refractivity contribution >= 4 is 27.7 Å². The monoisotopic (exact) mass is 340 g/mol. The minimum Gasteiger partial charge on any atom is -0.492 e. The van der Waals surface area contributed by atoms with E-state index in [2.05, 4.69) is 21.2 Å². The molecule has 20 heavy (non-hydrogen) atoms. The van der Waals surface area contributed by atoms with Crippen molar-refractivity contribution in [3.05, 3.63) is 28.7 Å². The maximum atomic E-state index is 11.9. The second-order valence-electron chi connectivity index (χ2n) is 4.55. The van der Waals surface area contributed by atoms with Crippen LogP contribution in [0.3, 0.4) is 0 Å². The summed E-state index contributed by atoms with van der Waals surface area (Å²) in [5.74, 6) is 0.696. The van der Waals surface area contributed by atoms with Gasteiger partial charge in [-0.15, -0.1) is 0 Å². The zero-order valence-electron chi connectivity index (χ0n) is 11.1. The Morgan fingerprint density at radius 1 is 1.40 bits per heavy atom. The molecule has 0 radical (unpaired) electrons. The highest BCUT2D eigenvalue weighted by atomic mass is 79.9. The summed E-state index contributed by atoms with van der Waals surface area (Å²) in [6.45, 7) is 1.78. The van der Waals surface area contributed by atoms with Crippen molar-refractivity contribution < 1.29 is 14.3 Å². The van der Waals surface area contributed by atoms with Crippen LogP contribution in [0, 0.1) is 0 Å². The van der Waals surface area contributed by atoms with E-state index in [0.29, 0.717) is 32.5 Å². The van der Waals surface area contributed by atoms with Crippen molar-refractivity contribution in [1.82, 2.24) is 10.2 Å². The third kappa shape index (κ3) is 4.23. The minimum absolute atomic E-state index is 0.00979. The summed E-state index contributed by atoms with van der Waals surface area (Å²) >= 11 is 3.40. The lowest BCUT2D eigenvalue weighted by Gasteiger charge is -2.26. The molecule has 1 heterocycles. The molecule has 0 unspecified atom stereocenters. The molecule has 0 atom stereocenters. The van der Waals surface area contributed by atoms with Gasteiger partial charge in [-0.1, -0.05) is 12.1 Å². The molecule has 6 heteroatoms. The standard InChI is InChI=1S/C14H17BrN2O3/c15-11-4-1-2-5-12(11)20-9-3-6-14(19)17-8-7-16-13(18)10-17/h1-2,4-5H,3,6-10H2,(H,16,18). The van der Waals surface area contributed by atoms with E-state index in [4.69, 9.17) is 4.74 Å². The lowest BCUT2D eigenvalue weighted by molar-refractivity contribution is -0.138. The number of piperazine rings is 1. The van der Waals surface area contributed by atoms with Gasteiger partial charge in [0, 0.05) is 19.5 Å². The zero-order chi connectivity index (χ0) is 14.4. The highest BCUT2D eigenvalue weighted by molar-refractivity contribution is 9.10. The van der Waals surface area contributed by atoms with Crippen molar-refractivity contribution in [3.8, 4) is 5.75 Å². The molecule has 0 saturated carbocycles. The van der Waals surface area contributed by atoms with Crippen LogP contribution in [0.25, 0.3) is 0 Å². The molecular formula is C14H17BrN2O3. The molecular weight excluding hydrogens is 324 g/mol. The fourth-order valence-electron chi connectivity index (χ4n) is 1.98. The molecule has 0 spiro atoms. The SMILES string of the molecule is O=C1CN(C(=O)CCCOc2ccccc2Br)CCN1. The van der Waals surface area contributed by atoms with Crippen LogP contribution in [0.2, 0.25) is 0 Å². The Morgan fingerprint density at radius 3 is 2.95 bits per heavy atom. The van der Waals surface area contributed by atoms with Gasteiger partial charge in [0.05, 0.1) is 17.6 Å². The number of nitrogens with one attached hydrogen (secondary N) is 1. The molecule has 0 aliphatic carbocycles. The summed E-state index contributed by atoms with van der Waals surface area (Å²) in [5, 5.41) is 2.70. The van der Waals surface area contributed by atoms with Crippen LogP contribution in [0.1, 0.15) is 12.8 Å². The third-order valence-corrected chi connectivity index (χ3v) is 3.68. The van der Waals surface area contributed by atoms with Gasteiger partial charge in [0.2, 0.25) is 11.8 Å². The molecule has 2 rings (SSSR count). The number of hydrogen-bond donors (Lipinski definition) is 1.